The predicted octanol–water partition coefficient (Wildman–Crippen LogP) is 3.46. The maximum atomic E-state index is 13.5. The van der Waals surface area contributed by atoms with Crippen molar-refractivity contribution in [2.75, 3.05) is 12.3 Å². The van der Waals surface area contributed by atoms with Crippen molar-refractivity contribution in [2.24, 2.45) is 0 Å². The summed E-state index contributed by atoms with van der Waals surface area (Å²) in [6.45, 7) is 4.63. The highest BCUT2D eigenvalue weighted by atomic mass is 35.5. The molecule has 0 aliphatic rings. The van der Waals surface area contributed by atoms with Crippen LogP contribution in [-0.2, 0) is 0 Å². The maximum Gasteiger partial charge on any atom is 0.128 e. The Morgan fingerprint density at radius 3 is 2.80 bits per heavy atom. The molecule has 0 fully saturated rings. The van der Waals surface area contributed by atoms with E-state index in [0.717, 1.165) is 16.7 Å². The zero-order valence-corrected chi connectivity index (χ0v) is 12.2. The molecule has 1 aromatic carbocycles. The van der Waals surface area contributed by atoms with Gasteiger partial charge in [0.25, 0.3) is 0 Å². The van der Waals surface area contributed by atoms with Crippen molar-refractivity contribution >= 4 is 17.4 Å². The highest BCUT2D eigenvalue weighted by molar-refractivity contribution is 6.30. The second-order valence-corrected chi connectivity index (χ2v) is 5.06. The van der Waals surface area contributed by atoms with Crippen LogP contribution in [-0.4, -0.2) is 11.5 Å². The Balaban J connectivity index is 2.55. The van der Waals surface area contributed by atoms with Crippen LogP contribution >= 0.6 is 11.6 Å². The average Bonchev–Trinajstić information content (AvgIpc) is 2.42. The van der Waals surface area contributed by atoms with Crippen molar-refractivity contribution in [1.29, 1.82) is 0 Å². The third-order valence-corrected chi connectivity index (χ3v) is 3.39. The number of hydrogen-bond donors (Lipinski definition) is 2. The first-order valence-corrected chi connectivity index (χ1v) is 6.81. The lowest BCUT2D eigenvalue weighted by atomic mass is 9.95. The Labute approximate surface area is 123 Å². The van der Waals surface area contributed by atoms with Crippen molar-refractivity contribution in [1.82, 2.24) is 10.3 Å². The molecule has 106 valence electrons. The molecule has 0 amide bonds. The molecule has 0 spiro atoms. The van der Waals surface area contributed by atoms with Crippen LogP contribution in [0.1, 0.15) is 29.7 Å². The molecule has 5 heteroatoms. The number of nitrogens with zero attached hydrogens (tertiary/aromatic N) is 1. The molecule has 0 aliphatic heterocycles. The van der Waals surface area contributed by atoms with Gasteiger partial charge in [-0.25, -0.2) is 9.37 Å². The lowest BCUT2D eigenvalue weighted by molar-refractivity contribution is 0.600. The third kappa shape index (κ3) is 3.08. The molecule has 0 bridgehead atoms. The van der Waals surface area contributed by atoms with Gasteiger partial charge in [0, 0.05) is 11.8 Å². The van der Waals surface area contributed by atoms with Crippen LogP contribution in [0.2, 0.25) is 5.02 Å². The standard InChI is InChI=1S/C15H17ClFN3/c1-3-19-14(12-7-11(17)5-4-9(12)2)13-6-10(16)8-20-15(13)18/h4-8,14,19H,3H2,1-2H3,(H2,18,20). The van der Waals surface area contributed by atoms with E-state index in [4.69, 9.17) is 17.3 Å². The van der Waals surface area contributed by atoms with Gasteiger partial charge in [-0.05, 0) is 42.8 Å². The van der Waals surface area contributed by atoms with Crippen LogP contribution in [0.5, 0.6) is 0 Å². The van der Waals surface area contributed by atoms with Gasteiger partial charge in [-0.1, -0.05) is 24.6 Å². The lowest BCUT2D eigenvalue weighted by Crippen LogP contribution is -2.24. The number of pyridine rings is 1. The van der Waals surface area contributed by atoms with Crippen molar-refractivity contribution < 1.29 is 4.39 Å². The Morgan fingerprint density at radius 1 is 1.35 bits per heavy atom. The first-order valence-electron chi connectivity index (χ1n) is 6.43. The van der Waals surface area contributed by atoms with Gasteiger partial charge in [0.1, 0.15) is 11.6 Å². The number of aromatic nitrogens is 1. The Morgan fingerprint density at radius 2 is 2.10 bits per heavy atom. The second-order valence-electron chi connectivity index (χ2n) is 4.62. The van der Waals surface area contributed by atoms with Gasteiger partial charge >= 0.3 is 0 Å². The molecule has 1 aromatic heterocycles. The molecule has 3 N–H and O–H groups in total. The number of rotatable bonds is 4. The van der Waals surface area contributed by atoms with Gasteiger partial charge < -0.3 is 11.1 Å². The molecular weight excluding hydrogens is 277 g/mol. The fraction of sp³-hybridized carbons (Fsp3) is 0.267. The number of aryl methyl sites for hydroxylation is 1. The van der Waals surface area contributed by atoms with Crippen molar-refractivity contribution in [3.8, 4) is 0 Å². The summed E-state index contributed by atoms with van der Waals surface area (Å²) in [5.41, 5.74) is 8.52. The predicted molar refractivity (Wildman–Crippen MR) is 80.3 cm³/mol. The van der Waals surface area contributed by atoms with E-state index < -0.39 is 0 Å². The van der Waals surface area contributed by atoms with Crippen LogP contribution in [0.25, 0.3) is 0 Å². The van der Waals surface area contributed by atoms with Crippen LogP contribution in [0.15, 0.2) is 30.5 Å². The van der Waals surface area contributed by atoms with Crippen LogP contribution in [0, 0.1) is 12.7 Å². The number of nitrogens with one attached hydrogen (secondary N) is 1. The topological polar surface area (TPSA) is 50.9 Å². The smallest absolute Gasteiger partial charge is 0.128 e. The van der Waals surface area contributed by atoms with Gasteiger partial charge in [-0.15, -0.1) is 0 Å². The third-order valence-electron chi connectivity index (χ3n) is 3.19. The Bertz CT molecular complexity index is 565. The number of halogens is 2. The SMILES string of the molecule is CCNC(c1cc(F)ccc1C)c1cc(Cl)cnc1N. The summed E-state index contributed by atoms with van der Waals surface area (Å²) >= 11 is 6.00. The van der Waals surface area contributed by atoms with Crippen LogP contribution in [0.4, 0.5) is 10.2 Å². The van der Waals surface area contributed by atoms with Gasteiger partial charge in [-0.2, -0.15) is 0 Å². The van der Waals surface area contributed by atoms with E-state index in [1.165, 1.54) is 18.3 Å². The first-order chi connectivity index (χ1) is 9.52. The summed E-state index contributed by atoms with van der Waals surface area (Å²) in [4.78, 5) is 4.07. The number of benzene rings is 1. The van der Waals surface area contributed by atoms with Gasteiger partial charge in [0.15, 0.2) is 0 Å². The molecule has 0 radical (unpaired) electrons. The van der Waals surface area contributed by atoms with Crippen LogP contribution < -0.4 is 11.1 Å². The molecule has 2 rings (SSSR count). The van der Waals surface area contributed by atoms with Gasteiger partial charge in [-0.3, -0.25) is 0 Å². The zero-order valence-electron chi connectivity index (χ0n) is 11.5. The minimum atomic E-state index is -0.276. The summed E-state index contributed by atoms with van der Waals surface area (Å²) in [5.74, 6) is 0.117. The summed E-state index contributed by atoms with van der Waals surface area (Å²) in [6, 6.07) is 6.25. The Kier molecular flexibility index (Phi) is 4.57. The fourth-order valence-corrected chi connectivity index (χ4v) is 2.38. The molecule has 20 heavy (non-hydrogen) atoms. The molecular formula is C15H17ClFN3. The van der Waals surface area contributed by atoms with Gasteiger partial charge in [0.2, 0.25) is 0 Å². The number of nitrogens with two attached hydrogens (primary N) is 1. The molecule has 0 saturated heterocycles. The summed E-state index contributed by atoms with van der Waals surface area (Å²) in [5, 5.41) is 3.81. The van der Waals surface area contributed by atoms with Crippen LogP contribution in [0.3, 0.4) is 0 Å². The summed E-state index contributed by atoms with van der Waals surface area (Å²) in [6.07, 6.45) is 1.50. The van der Waals surface area contributed by atoms with Gasteiger partial charge in [0.05, 0.1) is 11.1 Å². The molecule has 2 aromatic rings. The molecule has 3 nitrogen and oxygen atoms in total. The molecule has 0 saturated carbocycles. The second kappa shape index (κ2) is 6.20. The van der Waals surface area contributed by atoms with E-state index in [0.29, 0.717) is 17.4 Å². The highest BCUT2D eigenvalue weighted by Gasteiger charge is 2.19. The first kappa shape index (κ1) is 14.8. The van der Waals surface area contributed by atoms with Crippen molar-refractivity contribution in [2.45, 2.75) is 19.9 Å². The number of anilines is 1. The average molecular weight is 294 g/mol. The highest BCUT2D eigenvalue weighted by Crippen LogP contribution is 2.30. The maximum absolute atomic E-state index is 13.5. The van der Waals surface area contributed by atoms with E-state index in [-0.39, 0.29) is 11.9 Å². The van der Waals surface area contributed by atoms with E-state index in [1.54, 1.807) is 12.1 Å². The summed E-state index contributed by atoms with van der Waals surface area (Å²) < 4.78 is 13.5. The number of nitrogen functional groups attached to an aromatic ring is 1. The quantitative estimate of drug-likeness (QED) is 0.907. The molecule has 1 heterocycles. The molecule has 1 unspecified atom stereocenters. The molecule has 0 aliphatic carbocycles. The van der Waals surface area contributed by atoms with Crippen molar-refractivity contribution in [3.05, 3.63) is 58.0 Å². The monoisotopic (exact) mass is 293 g/mol. The van der Waals surface area contributed by atoms with E-state index in [9.17, 15) is 4.39 Å². The minimum Gasteiger partial charge on any atom is -0.383 e. The largest absolute Gasteiger partial charge is 0.383 e. The lowest BCUT2D eigenvalue weighted by Gasteiger charge is -2.22. The number of hydrogen-bond acceptors (Lipinski definition) is 3. The van der Waals surface area contributed by atoms with E-state index in [1.807, 2.05) is 13.8 Å². The van der Waals surface area contributed by atoms with E-state index in [2.05, 4.69) is 10.3 Å². The zero-order chi connectivity index (χ0) is 14.7. The van der Waals surface area contributed by atoms with E-state index >= 15 is 0 Å². The Hall–Kier alpha value is -1.65. The van der Waals surface area contributed by atoms with Crippen molar-refractivity contribution in [3.63, 3.8) is 0 Å². The minimum absolute atomic E-state index is 0.234. The molecule has 1 atom stereocenters. The summed E-state index contributed by atoms with van der Waals surface area (Å²) in [7, 11) is 0. The fourth-order valence-electron chi connectivity index (χ4n) is 2.21. The normalized spacial score (nSPS) is 12.4.